The van der Waals surface area contributed by atoms with Gasteiger partial charge in [-0.3, -0.25) is 0 Å². The van der Waals surface area contributed by atoms with E-state index in [1.165, 1.54) is 0 Å². The molecule has 0 spiro atoms. The van der Waals surface area contributed by atoms with E-state index in [9.17, 15) is 5.11 Å². The molecule has 0 atom stereocenters. The van der Waals surface area contributed by atoms with Gasteiger partial charge in [0.15, 0.2) is 11.5 Å². The Hall–Kier alpha value is -2.93. The molecule has 1 aromatic heterocycles. The summed E-state index contributed by atoms with van der Waals surface area (Å²) in [6.07, 6.45) is 0. The monoisotopic (exact) mass is 279 g/mol. The molecule has 21 heavy (non-hydrogen) atoms. The number of phenolic OH excluding ortho intramolecular Hbond substituents is 1. The van der Waals surface area contributed by atoms with Gasteiger partial charge >= 0.3 is 0 Å². The average molecular weight is 279 g/mol. The van der Waals surface area contributed by atoms with Gasteiger partial charge in [-0.1, -0.05) is 6.07 Å². The van der Waals surface area contributed by atoms with Crippen LogP contribution in [0.5, 0.6) is 17.2 Å². The van der Waals surface area contributed by atoms with E-state index < -0.39 is 0 Å². The van der Waals surface area contributed by atoms with Crippen LogP contribution in [-0.4, -0.2) is 5.11 Å². The summed E-state index contributed by atoms with van der Waals surface area (Å²) in [5.74, 6) is 1.23. The summed E-state index contributed by atoms with van der Waals surface area (Å²) in [5.41, 5.74) is 2.49. The van der Waals surface area contributed by atoms with E-state index >= 15 is 0 Å². The highest BCUT2D eigenvalue weighted by Crippen LogP contribution is 2.37. The Bertz CT molecular complexity index is 872. The highest BCUT2D eigenvalue weighted by Gasteiger charge is 2.12. The first kappa shape index (κ1) is 13.1. The smallest absolute Gasteiger partial charge is 0.204 e. The fraction of sp³-hybridized carbons (Fsp3) is 0.118. The third-order valence-electron chi connectivity index (χ3n) is 3.19. The highest BCUT2D eigenvalue weighted by molar-refractivity contribution is 5.86. The van der Waals surface area contributed by atoms with Crippen molar-refractivity contribution in [3.63, 3.8) is 0 Å². The van der Waals surface area contributed by atoms with Crippen molar-refractivity contribution >= 4 is 11.0 Å². The van der Waals surface area contributed by atoms with Gasteiger partial charge in [-0.2, -0.15) is 5.26 Å². The summed E-state index contributed by atoms with van der Waals surface area (Å²) >= 11 is 0. The molecule has 0 aliphatic carbocycles. The van der Waals surface area contributed by atoms with Crippen molar-refractivity contribution in [2.24, 2.45) is 0 Å². The number of aryl methyl sites for hydroxylation is 2. The summed E-state index contributed by atoms with van der Waals surface area (Å²) in [6.45, 7) is 3.81. The van der Waals surface area contributed by atoms with Crippen molar-refractivity contribution in [2.75, 3.05) is 0 Å². The molecule has 4 heteroatoms. The number of nitrogens with zero attached hydrogens (tertiary/aromatic N) is 1. The Morgan fingerprint density at radius 2 is 1.86 bits per heavy atom. The first-order valence-corrected chi connectivity index (χ1v) is 6.48. The quantitative estimate of drug-likeness (QED) is 0.754. The number of furan rings is 1. The van der Waals surface area contributed by atoms with Gasteiger partial charge in [-0.05, 0) is 49.2 Å². The van der Waals surface area contributed by atoms with Gasteiger partial charge in [-0.25, -0.2) is 0 Å². The van der Waals surface area contributed by atoms with E-state index in [0.29, 0.717) is 22.5 Å². The molecule has 104 valence electrons. The zero-order valence-electron chi connectivity index (χ0n) is 11.7. The number of ether oxygens (including phenoxy) is 1. The summed E-state index contributed by atoms with van der Waals surface area (Å²) < 4.78 is 11.2. The molecular formula is C17H13NO3. The molecule has 0 aliphatic rings. The zero-order chi connectivity index (χ0) is 15.0. The van der Waals surface area contributed by atoms with Crippen molar-refractivity contribution in [1.29, 1.82) is 5.26 Å². The minimum Gasteiger partial charge on any atom is -0.504 e. The molecular weight excluding hydrogens is 266 g/mol. The number of phenols is 1. The normalized spacial score (nSPS) is 10.5. The predicted molar refractivity (Wildman–Crippen MR) is 78.6 cm³/mol. The van der Waals surface area contributed by atoms with Crippen LogP contribution in [-0.2, 0) is 0 Å². The van der Waals surface area contributed by atoms with Gasteiger partial charge in [-0.15, -0.1) is 0 Å². The highest BCUT2D eigenvalue weighted by atomic mass is 16.5. The van der Waals surface area contributed by atoms with Crippen LogP contribution in [0.2, 0.25) is 0 Å². The lowest BCUT2D eigenvalue weighted by Gasteiger charge is -2.09. The third-order valence-corrected chi connectivity index (χ3v) is 3.19. The van der Waals surface area contributed by atoms with Crippen LogP contribution < -0.4 is 4.74 Å². The molecule has 0 radical (unpaired) electrons. The van der Waals surface area contributed by atoms with E-state index in [-0.39, 0.29) is 11.5 Å². The van der Waals surface area contributed by atoms with Crippen LogP contribution in [0.15, 0.2) is 40.8 Å². The third kappa shape index (κ3) is 2.41. The topological polar surface area (TPSA) is 66.4 Å². The molecule has 1 N–H and O–H groups in total. The van der Waals surface area contributed by atoms with Crippen LogP contribution in [0, 0.1) is 25.2 Å². The van der Waals surface area contributed by atoms with Gasteiger partial charge in [0.2, 0.25) is 5.76 Å². The lowest BCUT2D eigenvalue weighted by Crippen LogP contribution is -1.87. The van der Waals surface area contributed by atoms with Gasteiger partial charge in [0, 0.05) is 6.07 Å². The lowest BCUT2D eigenvalue weighted by atomic mass is 10.1. The molecule has 3 aromatic rings. The summed E-state index contributed by atoms with van der Waals surface area (Å²) in [4.78, 5) is 0. The molecule has 0 fully saturated rings. The summed E-state index contributed by atoms with van der Waals surface area (Å²) in [7, 11) is 0. The maximum absolute atomic E-state index is 9.94. The van der Waals surface area contributed by atoms with Crippen LogP contribution in [0.3, 0.4) is 0 Å². The van der Waals surface area contributed by atoms with Crippen LogP contribution in [0.25, 0.3) is 11.0 Å². The first-order chi connectivity index (χ1) is 10.1. The largest absolute Gasteiger partial charge is 0.504 e. The Morgan fingerprint density at radius 1 is 1.05 bits per heavy atom. The first-order valence-electron chi connectivity index (χ1n) is 6.48. The number of hydrogen-bond acceptors (Lipinski definition) is 4. The van der Waals surface area contributed by atoms with Crippen molar-refractivity contribution in [3.05, 3.63) is 53.3 Å². The Morgan fingerprint density at radius 3 is 2.57 bits per heavy atom. The summed E-state index contributed by atoms with van der Waals surface area (Å²) in [5, 5.41) is 19.6. The maximum atomic E-state index is 9.94. The second-order valence-corrected chi connectivity index (χ2v) is 4.97. The van der Waals surface area contributed by atoms with E-state index in [1.54, 1.807) is 18.2 Å². The zero-order valence-corrected chi connectivity index (χ0v) is 11.7. The predicted octanol–water partition coefficient (Wildman–Crippen LogP) is 4.42. The minimum atomic E-state index is 0.0775. The molecule has 0 unspecified atom stereocenters. The standard InChI is InChI=1S/C17H13NO3/c1-10-3-4-15(14(19)5-10)21-17-7-11(2)6-16-13(17)8-12(9-18)20-16/h3-8,19H,1-2H3. The van der Waals surface area contributed by atoms with Crippen LogP contribution in [0.1, 0.15) is 16.9 Å². The number of rotatable bonds is 2. The van der Waals surface area contributed by atoms with Crippen molar-refractivity contribution in [2.45, 2.75) is 13.8 Å². The van der Waals surface area contributed by atoms with Crippen molar-refractivity contribution in [3.8, 4) is 23.3 Å². The molecule has 0 amide bonds. The number of benzene rings is 2. The van der Waals surface area contributed by atoms with Gasteiger partial charge in [0.05, 0.1) is 5.39 Å². The van der Waals surface area contributed by atoms with E-state index in [1.807, 2.05) is 38.1 Å². The van der Waals surface area contributed by atoms with Gasteiger partial charge < -0.3 is 14.3 Å². The lowest BCUT2D eigenvalue weighted by molar-refractivity contribution is 0.413. The Kier molecular flexibility index (Phi) is 3.03. The number of aromatic hydroxyl groups is 1. The fourth-order valence-electron chi connectivity index (χ4n) is 2.21. The maximum Gasteiger partial charge on any atom is 0.204 e. The van der Waals surface area contributed by atoms with Crippen LogP contribution >= 0.6 is 0 Å². The second kappa shape index (κ2) is 4.88. The molecule has 0 saturated heterocycles. The number of fused-ring (bicyclic) bond motifs is 1. The van der Waals surface area contributed by atoms with E-state index in [4.69, 9.17) is 14.4 Å². The summed E-state index contributed by atoms with van der Waals surface area (Å²) in [6, 6.07) is 12.5. The molecule has 2 aromatic carbocycles. The Balaban J connectivity index is 2.11. The van der Waals surface area contributed by atoms with Gasteiger partial charge in [0.1, 0.15) is 17.4 Å². The molecule has 0 bridgehead atoms. The SMILES string of the molecule is Cc1ccc(Oc2cc(C)cc3oc(C#N)cc23)c(O)c1. The van der Waals surface area contributed by atoms with E-state index in [0.717, 1.165) is 11.1 Å². The molecule has 0 aliphatic heterocycles. The number of nitriles is 1. The molecule has 3 rings (SSSR count). The van der Waals surface area contributed by atoms with Crippen molar-refractivity contribution in [1.82, 2.24) is 0 Å². The van der Waals surface area contributed by atoms with Gasteiger partial charge in [0.25, 0.3) is 0 Å². The minimum absolute atomic E-state index is 0.0775. The van der Waals surface area contributed by atoms with Crippen LogP contribution in [0.4, 0.5) is 0 Å². The van der Waals surface area contributed by atoms with E-state index in [2.05, 4.69) is 0 Å². The van der Waals surface area contributed by atoms with Crippen molar-refractivity contribution < 1.29 is 14.3 Å². The number of hydrogen-bond donors (Lipinski definition) is 1. The molecule has 4 nitrogen and oxygen atoms in total. The molecule has 1 heterocycles. The Labute approximate surface area is 121 Å². The molecule has 0 saturated carbocycles. The average Bonchev–Trinajstić information content (AvgIpc) is 2.85. The second-order valence-electron chi connectivity index (χ2n) is 4.97. The fourth-order valence-corrected chi connectivity index (χ4v) is 2.21.